The van der Waals surface area contributed by atoms with Crippen LogP contribution < -0.4 is 27.4 Å². The van der Waals surface area contributed by atoms with Gasteiger partial charge in [0.1, 0.15) is 18.6 Å². The van der Waals surface area contributed by atoms with E-state index in [-0.39, 0.29) is 12.8 Å². The molecule has 0 aromatic rings. The molecular weight excluding hydrogens is 434 g/mol. The fourth-order valence-electron chi connectivity index (χ4n) is 2.27. The Kier molecular flexibility index (Phi) is 14.7. The summed E-state index contributed by atoms with van der Waals surface area (Å²) in [5, 5.41) is 15.9. The molecule has 3 atom stereocenters. The van der Waals surface area contributed by atoms with Crippen LogP contribution in [0.2, 0.25) is 0 Å². The molecule has 0 radical (unpaired) electrons. The molecule has 172 valence electrons. The van der Waals surface area contributed by atoms with Crippen molar-refractivity contribution in [3.8, 4) is 0 Å². The van der Waals surface area contributed by atoms with Crippen molar-refractivity contribution < 1.29 is 29.1 Å². The van der Waals surface area contributed by atoms with Gasteiger partial charge in [-0.2, -0.15) is 23.5 Å². The summed E-state index contributed by atoms with van der Waals surface area (Å²) in [5.74, 6) is -2.55. The van der Waals surface area contributed by atoms with E-state index < -0.39 is 54.3 Å². The highest BCUT2D eigenvalue weighted by atomic mass is 32.2. The summed E-state index contributed by atoms with van der Waals surface area (Å²) in [6, 6.07) is -2.89. The predicted octanol–water partition coefficient (Wildman–Crippen LogP) is -1.74. The van der Waals surface area contributed by atoms with Gasteiger partial charge in [-0.25, -0.2) is 0 Å². The van der Waals surface area contributed by atoms with Crippen LogP contribution in [0.1, 0.15) is 25.7 Å². The van der Waals surface area contributed by atoms with Crippen molar-refractivity contribution in [2.24, 2.45) is 11.5 Å². The average molecular weight is 466 g/mol. The molecule has 0 saturated heterocycles. The molecular formula is C17H31N5O6S2. The van der Waals surface area contributed by atoms with Crippen molar-refractivity contribution in [1.29, 1.82) is 0 Å². The largest absolute Gasteiger partial charge is 0.480 e. The first kappa shape index (κ1) is 28.0. The molecule has 0 bridgehead atoms. The van der Waals surface area contributed by atoms with Gasteiger partial charge in [-0.3, -0.25) is 24.0 Å². The van der Waals surface area contributed by atoms with Crippen LogP contribution in [0, 0.1) is 0 Å². The van der Waals surface area contributed by atoms with Crippen LogP contribution in [-0.2, 0) is 24.0 Å². The summed E-state index contributed by atoms with van der Waals surface area (Å²) in [5.41, 5.74) is 11.0. The minimum atomic E-state index is -1.26. The third-order valence-electron chi connectivity index (χ3n) is 3.94. The zero-order chi connectivity index (χ0) is 23.1. The maximum Gasteiger partial charge on any atom is 0.322 e. The molecule has 0 aliphatic carbocycles. The fourth-order valence-corrected chi connectivity index (χ4v) is 3.23. The minimum Gasteiger partial charge on any atom is -0.480 e. The molecule has 0 spiro atoms. The lowest BCUT2D eigenvalue weighted by atomic mass is 10.1. The molecule has 0 rings (SSSR count). The van der Waals surface area contributed by atoms with Gasteiger partial charge >= 0.3 is 5.97 Å². The van der Waals surface area contributed by atoms with Crippen LogP contribution in [0.4, 0.5) is 0 Å². The Hall–Kier alpha value is -1.99. The van der Waals surface area contributed by atoms with Gasteiger partial charge in [0, 0.05) is 6.42 Å². The predicted molar refractivity (Wildman–Crippen MR) is 117 cm³/mol. The molecule has 0 saturated carbocycles. The normalized spacial score (nSPS) is 13.6. The smallest absolute Gasteiger partial charge is 0.322 e. The second kappa shape index (κ2) is 15.8. The molecule has 30 heavy (non-hydrogen) atoms. The number of carboxylic acids is 1. The number of carbonyl (C=O) groups excluding carboxylic acids is 4. The second-order valence-electron chi connectivity index (χ2n) is 6.41. The van der Waals surface area contributed by atoms with Gasteiger partial charge in [0.25, 0.3) is 0 Å². The number of rotatable bonds is 16. The molecule has 3 unspecified atom stereocenters. The lowest BCUT2D eigenvalue weighted by Gasteiger charge is -2.24. The van der Waals surface area contributed by atoms with E-state index in [2.05, 4.69) is 16.0 Å². The molecule has 11 nitrogen and oxygen atoms in total. The average Bonchev–Trinajstić information content (AvgIpc) is 2.69. The summed E-state index contributed by atoms with van der Waals surface area (Å²) >= 11 is 3.02. The number of carbonyl (C=O) groups is 5. The molecule has 0 fully saturated rings. The lowest BCUT2D eigenvalue weighted by Crippen LogP contribution is -2.56. The van der Waals surface area contributed by atoms with Gasteiger partial charge < -0.3 is 32.5 Å². The van der Waals surface area contributed by atoms with Crippen molar-refractivity contribution in [2.45, 2.75) is 43.8 Å². The van der Waals surface area contributed by atoms with E-state index in [0.717, 1.165) is 0 Å². The van der Waals surface area contributed by atoms with Crippen molar-refractivity contribution in [2.75, 3.05) is 30.6 Å². The van der Waals surface area contributed by atoms with Gasteiger partial charge in [-0.15, -0.1) is 0 Å². The van der Waals surface area contributed by atoms with E-state index in [1.807, 2.05) is 12.5 Å². The molecule has 0 aliphatic heterocycles. The summed E-state index contributed by atoms with van der Waals surface area (Å²) in [7, 11) is 0. The summed E-state index contributed by atoms with van der Waals surface area (Å²) in [6.45, 7) is -0.640. The SMILES string of the molecule is CSCCC(N)C(=O)NC(CCSC)C(=O)NC(CCC(N)=O)C(=O)NCC(=O)O. The number of amides is 4. The van der Waals surface area contributed by atoms with E-state index in [9.17, 15) is 24.0 Å². The maximum absolute atomic E-state index is 12.7. The quantitative estimate of drug-likeness (QED) is 0.153. The van der Waals surface area contributed by atoms with Gasteiger partial charge in [0.05, 0.1) is 6.04 Å². The van der Waals surface area contributed by atoms with Crippen LogP contribution in [-0.4, -0.2) is 83.4 Å². The van der Waals surface area contributed by atoms with Crippen molar-refractivity contribution in [3.63, 3.8) is 0 Å². The van der Waals surface area contributed by atoms with Gasteiger partial charge in [0.15, 0.2) is 0 Å². The molecule has 0 aromatic carbocycles. The molecule has 8 N–H and O–H groups in total. The van der Waals surface area contributed by atoms with Crippen LogP contribution in [0.25, 0.3) is 0 Å². The second-order valence-corrected chi connectivity index (χ2v) is 8.38. The maximum atomic E-state index is 12.7. The number of carboxylic acid groups (broad SMARTS) is 1. The van der Waals surface area contributed by atoms with Crippen LogP contribution in [0.3, 0.4) is 0 Å². The minimum absolute atomic E-state index is 0.108. The first-order chi connectivity index (χ1) is 14.1. The Labute approximate surface area is 184 Å². The zero-order valence-corrected chi connectivity index (χ0v) is 18.8. The van der Waals surface area contributed by atoms with Crippen LogP contribution >= 0.6 is 23.5 Å². The number of primary amides is 1. The topological polar surface area (TPSA) is 194 Å². The Balaban J connectivity index is 5.18. The highest BCUT2D eigenvalue weighted by molar-refractivity contribution is 7.98. The summed E-state index contributed by atoms with van der Waals surface area (Å²) < 4.78 is 0. The van der Waals surface area contributed by atoms with E-state index in [1.165, 1.54) is 11.8 Å². The first-order valence-electron chi connectivity index (χ1n) is 9.24. The molecule has 0 heterocycles. The van der Waals surface area contributed by atoms with E-state index in [4.69, 9.17) is 16.6 Å². The van der Waals surface area contributed by atoms with E-state index >= 15 is 0 Å². The number of thioether (sulfide) groups is 2. The number of nitrogens with two attached hydrogens (primary N) is 2. The Bertz CT molecular complexity index is 607. The highest BCUT2D eigenvalue weighted by Gasteiger charge is 2.28. The molecule has 13 heteroatoms. The fraction of sp³-hybridized carbons (Fsp3) is 0.706. The van der Waals surface area contributed by atoms with E-state index in [1.54, 1.807) is 11.8 Å². The number of hydrogen-bond donors (Lipinski definition) is 6. The molecule has 0 aliphatic rings. The van der Waals surface area contributed by atoms with Crippen molar-refractivity contribution in [3.05, 3.63) is 0 Å². The van der Waals surface area contributed by atoms with Gasteiger partial charge in [-0.05, 0) is 43.3 Å². The van der Waals surface area contributed by atoms with Crippen molar-refractivity contribution in [1.82, 2.24) is 16.0 Å². The summed E-state index contributed by atoms with van der Waals surface area (Å²) in [4.78, 5) is 59.0. The Morgan fingerprint density at radius 1 is 0.867 bits per heavy atom. The van der Waals surface area contributed by atoms with Crippen molar-refractivity contribution >= 4 is 53.1 Å². The number of aliphatic carboxylic acids is 1. The number of hydrogen-bond acceptors (Lipinski definition) is 8. The van der Waals surface area contributed by atoms with Gasteiger partial charge in [0.2, 0.25) is 23.6 Å². The first-order valence-corrected chi connectivity index (χ1v) is 12.0. The lowest BCUT2D eigenvalue weighted by molar-refractivity contribution is -0.138. The standard InChI is InChI=1S/C17H31N5O6S2/c1-29-7-5-10(18)15(26)21-12(6-8-30-2)17(28)22-11(3-4-13(19)23)16(27)20-9-14(24)25/h10-12H,3-9,18H2,1-2H3,(H2,19,23)(H,20,27)(H,21,26)(H,22,28)(H,24,25). The Morgan fingerprint density at radius 3 is 1.93 bits per heavy atom. The molecule has 0 aromatic heterocycles. The number of nitrogens with one attached hydrogen (secondary N) is 3. The summed E-state index contributed by atoms with van der Waals surface area (Å²) in [6.07, 6.45) is 4.18. The van der Waals surface area contributed by atoms with Crippen LogP contribution in [0.5, 0.6) is 0 Å². The molecule has 4 amide bonds. The monoisotopic (exact) mass is 465 g/mol. The highest BCUT2D eigenvalue weighted by Crippen LogP contribution is 2.06. The van der Waals surface area contributed by atoms with E-state index in [0.29, 0.717) is 24.3 Å². The third kappa shape index (κ3) is 12.5. The zero-order valence-electron chi connectivity index (χ0n) is 17.1. The van der Waals surface area contributed by atoms with Gasteiger partial charge in [-0.1, -0.05) is 0 Å². The third-order valence-corrected chi connectivity index (χ3v) is 5.23. The van der Waals surface area contributed by atoms with Crippen LogP contribution in [0.15, 0.2) is 0 Å². The Morgan fingerprint density at radius 2 is 1.40 bits per heavy atom.